The molecular weight excluding hydrogens is 202 g/mol. The van der Waals surface area contributed by atoms with E-state index in [9.17, 15) is 4.79 Å². The van der Waals surface area contributed by atoms with Crippen molar-refractivity contribution in [3.8, 4) is 11.5 Å². The van der Waals surface area contributed by atoms with Crippen molar-refractivity contribution in [3.05, 3.63) is 22.1 Å². The zero-order chi connectivity index (χ0) is 10.1. The first-order valence-corrected chi connectivity index (χ1v) is 4.74. The van der Waals surface area contributed by atoms with Crippen molar-refractivity contribution in [3.63, 3.8) is 0 Å². The van der Waals surface area contributed by atoms with Crippen LogP contribution in [0.5, 0.6) is 0 Å². The van der Waals surface area contributed by atoms with Crippen LogP contribution in [0.4, 0.5) is 0 Å². The van der Waals surface area contributed by atoms with Crippen molar-refractivity contribution in [2.45, 2.75) is 6.92 Å². The van der Waals surface area contributed by atoms with E-state index in [4.69, 9.17) is 10.3 Å². The predicted molar refractivity (Wildman–Crippen MR) is 50.9 cm³/mol. The molecule has 0 saturated carbocycles. The molecule has 0 saturated heterocycles. The van der Waals surface area contributed by atoms with Gasteiger partial charge in [-0.05, 0) is 6.92 Å². The minimum atomic E-state index is -0.605. The second-order valence-corrected chi connectivity index (χ2v) is 3.75. The normalized spacial score (nSPS) is 10.4. The van der Waals surface area contributed by atoms with Gasteiger partial charge in [0.05, 0.1) is 5.01 Å². The lowest BCUT2D eigenvalue weighted by Crippen LogP contribution is -2.10. The van der Waals surface area contributed by atoms with Crippen molar-refractivity contribution >= 4 is 17.2 Å². The summed E-state index contributed by atoms with van der Waals surface area (Å²) in [7, 11) is 0. The number of primary amides is 1. The molecule has 5 nitrogen and oxygen atoms in total. The summed E-state index contributed by atoms with van der Waals surface area (Å²) in [6.07, 6.45) is 0. The van der Waals surface area contributed by atoms with E-state index in [2.05, 4.69) is 10.1 Å². The lowest BCUT2D eigenvalue weighted by atomic mass is 10.3. The van der Waals surface area contributed by atoms with Gasteiger partial charge in [-0.1, -0.05) is 5.16 Å². The molecule has 72 valence electrons. The van der Waals surface area contributed by atoms with E-state index in [0.29, 0.717) is 11.5 Å². The Hall–Kier alpha value is -1.69. The Morgan fingerprint density at radius 3 is 2.93 bits per heavy atom. The van der Waals surface area contributed by atoms with Crippen LogP contribution in [-0.4, -0.2) is 16.0 Å². The van der Waals surface area contributed by atoms with Crippen LogP contribution in [0.1, 0.15) is 15.5 Å². The molecule has 0 atom stereocenters. The molecule has 14 heavy (non-hydrogen) atoms. The maximum Gasteiger partial charge on any atom is 0.270 e. The van der Waals surface area contributed by atoms with Gasteiger partial charge in [0.2, 0.25) is 0 Å². The van der Waals surface area contributed by atoms with Crippen LogP contribution in [0, 0.1) is 6.92 Å². The Balaban J connectivity index is 2.38. The zero-order valence-electron chi connectivity index (χ0n) is 7.35. The lowest BCUT2D eigenvalue weighted by Gasteiger charge is -1.83. The Labute approximate surface area is 83.5 Å². The van der Waals surface area contributed by atoms with E-state index < -0.39 is 5.91 Å². The molecule has 0 aliphatic rings. The summed E-state index contributed by atoms with van der Waals surface area (Å²) in [5, 5.41) is 6.28. The highest BCUT2D eigenvalue weighted by atomic mass is 32.1. The fourth-order valence-corrected chi connectivity index (χ4v) is 1.59. The van der Waals surface area contributed by atoms with E-state index in [1.807, 2.05) is 12.3 Å². The second-order valence-electron chi connectivity index (χ2n) is 2.69. The molecule has 2 rings (SSSR count). The van der Waals surface area contributed by atoms with Gasteiger partial charge in [-0.2, -0.15) is 0 Å². The zero-order valence-corrected chi connectivity index (χ0v) is 8.17. The minimum absolute atomic E-state index is 0.116. The molecule has 6 heteroatoms. The molecule has 0 unspecified atom stereocenters. The molecule has 2 heterocycles. The molecule has 2 aromatic rings. The number of hydrogen-bond acceptors (Lipinski definition) is 5. The van der Waals surface area contributed by atoms with E-state index in [0.717, 1.165) is 5.01 Å². The molecule has 0 spiro atoms. The first kappa shape index (κ1) is 8.89. The summed E-state index contributed by atoms with van der Waals surface area (Å²) in [5.41, 5.74) is 5.82. The first-order chi connectivity index (χ1) is 6.66. The van der Waals surface area contributed by atoms with Crippen LogP contribution < -0.4 is 5.73 Å². The Morgan fingerprint density at radius 2 is 2.43 bits per heavy atom. The summed E-state index contributed by atoms with van der Waals surface area (Å²) in [4.78, 5) is 14.9. The van der Waals surface area contributed by atoms with Crippen LogP contribution in [0.25, 0.3) is 11.5 Å². The number of nitrogens with zero attached hydrogens (tertiary/aromatic N) is 2. The lowest BCUT2D eigenvalue weighted by molar-refractivity contribution is 0.0992. The molecule has 0 bridgehead atoms. The van der Waals surface area contributed by atoms with E-state index in [-0.39, 0.29) is 5.69 Å². The van der Waals surface area contributed by atoms with Gasteiger partial charge in [0.1, 0.15) is 5.69 Å². The fraction of sp³-hybridized carbons (Fsp3) is 0.125. The standard InChI is InChI=1S/C8H7N3O2S/c1-4-10-6(3-14-4)7-2-5(8(9)12)11-13-7/h2-3H,1H3,(H2,9,12). The Bertz CT molecular complexity index is 474. The van der Waals surface area contributed by atoms with Crippen molar-refractivity contribution in [2.75, 3.05) is 0 Å². The third-order valence-electron chi connectivity index (χ3n) is 1.63. The summed E-state index contributed by atoms with van der Waals surface area (Å²) >= 11 is 1.50. The van der Waals surface area contributed by atoms with Crippen molar-refractivity contribution < 1.29 is 9.32 Å². The monoisotopic (exact) mass is 209 g/mol. The van der Waals surface area contributed by atoms with Gasteiger partial charge in [-0.25, -0.2) is 4.98 Å². The average molecular weight is 209 g/mol. The number of hydrogen-bond donors (Lipinski definition) is 1. The average Bonchev–Trinajstić information content (AvgIpc) is 2.70. The summed E-state index contributed by atoms with van der Waals surface area (Å²) < 4.78 is 4.92. The summed E-state index contributed by atoms with van der Waals surface area (Å²) in [6, 6.07) is 1.48. The quantitative estimate of drug-likeness (QED) is 0.805. The topological polar surface area (TPSA) is 82.0 Å². The van der Waals surface area contributed by atoms with Gasteiger partial charge in [-0.3, -0.25) is 4.79 Å². The highest BCUT2D eigenvalue weighted by molar-refractivity contribution is 7.09. The molecule has 2 aromatic heterocycles. The van der Waals surface area contributed by atoms with Crippen molar-refractivity contribution in [1.29, 1.82) is 0 Å². The number of aromatic nitrogens is 2. The first-order valence-electron chi connectivity index (χ1n) is 3.86. The van der Waals surface area contributed by atoms with Crippen LogP contribution in [0.2, 0.25) is 0 Å². The van der Waals surface area contributed by atoms with E-state index in [1.54, 1.807) is 0 Å². The highest BCUT2D eigenvalue weighted by Crippen LogP contribution is 2.21. The predicted octanol–water partition coefficient (Wildman–Crippen LogP) is 1.21. The van der Waals surface area contributed by atoms with Crippen LogP contribution in [0.3, 0.4) is 0 Å². The Morgan fingerprint density at radius 1 is 1.64 bits per heavy atom. The number of amides is 1. The number of aryl methyl sites for hydroxylation is 1. The van der Waals surface area contributed by atoms with Crippen LogP contribution in [-0.2, 0) is 0 Å². The van der Waals surface area contributed by atoms with Crippen molar-refractivity contribution in [1.82, 2.24) is 10.1 Å². The molecule has 0 aliphatic heterocycles. The number of nitrogens with two attached hydrogens (primary N) is 1. The maximum absolute atomic E-state index is 10.7. The van der Waals surface area contributed by atoms with Gasteiger partial charge in [0.15, 0.2) is 11.5 Å². The van der Waals surface area contributed by atoms with Gasteiger partial charge in [0, 0.05) is 11.4 Å². The third kappa shape index (κ3) is 1.51. The fourth-order valence-electron chi connectivity index (χ4n) is 0.989. The molecule has 2 N–H and O–H groups in total. The van der Waals surface area contributed by atoms with Gasteiger partial charge < -0.3 is 10.3 Å². The van der Waals surface area contributed by atoms with E-state index in [1.165, 1.54) is 17.4 Å². The molecule has 0 aliphatic carbocycles. The third-order valence-corrected chi connectivity index (χ3v) is 2.41. The second kappa shape index (κ2) is 3.22. The number of carbonyl (C=O) groups excluding carboxylic acids is 1. The maximum atomic E-state index is 10.7. The molecule has 1 amide bonds. The van der Waals surface area contributed by atoms with Crippen LogP contribution in [0.15, 0.2) is 16.0 Å². The van der Waals surface area contributed by atoms with Crippen molar-refractivity contribution in [2.24, 2.45) is 5.73 Å². The van der Waals surface area contributed by atoms with Gasteiger partial charge >= 0.3 is 0 Å². The van der Waals surface area contributed by atoms with Gasteiger partial charge in [-0.15, -0.1) is 11.3 Å². The number of carbonyl (C=O) groups is 1. The largest absolute Gasteiger partial charge is 0.364 e. The smallest absolute Gasteiger partial charge is 0.270 e. The number of thiazole rings is 1. The van der Waals surface area contributed by atoms with E-state index >= 15 is 0 Å². The summed E-state index contributed by atoms with van der Waals surface area (Å²) in [5.74, 6) is -0.143. The van der Waals surface area contributed by atoms with Crippen LogP contribution >= 0.6 is 11.3 Å². The minimum Gasteiger partial charge on any atom is -0.364 e. The SMILES string of the molecule is Cc1nc(-c2cc(C(N)=O)no2)cs1. The summed E-state index contributed by atoms with van der Waals surface area (Å²) in [6.45, 7) is 1.89. The molecular formula is C8H7N3O2S. The highest BCUT2D eigenvalue weighted by Gasteiger charge is 2.12. The molecule has 0 radical (unpaired) electrons. The Kier molecular flexibility index (Phi) is 2.05. The number of rotatable bonds is 2. The molecule has 0 fully saturated rings. The molecule has 0 aromatic carbocycles. The van der Waals surface area contributed by atoms with Gasteiger partial charge in [0.25, 0.3) is 5.91 Å².